The van der Waals surface area contributed by atoms with Crippen molar-refractivity contribution >= 4 is 0 Å². The van der Waals surface area contributed by atoms with Crippen molar-refractivity contribution < 1.29 is 0 Å². The van der Waals surface area contributed by atoms with Crippen LogP contribution in [-0.2, 0) is 0 Å². The van der Waals surface area contributed by atoms with Crippen LogP contribution in [0, 0.1) is 0 Å². The molecule has 66 valence electrons. The average Bonchev–Trinajstić information content (AvgIpc) is 2.10. The second kappa shape index (κ2) is 4.07. The van der Waals surface area contributed by atoms with Gasteiger partial charge in [0, 0.05) is 37.1 Å². The van der Waals surface area contributed by atoms with Crippen LogP contribution < -0.4 is 11.2 Å². The smallest absolute Gasteiger partial charge is 0.181 e. The van der Waals surface area contributed by atoms with Crippen molar-refractivity contribution in [1.82, 2.24) is 4.57 Å². The van der Waals surface area contributed by atoms with Gasteiger partial charge in [-0.15, -0.1) is 0 Å². The van der Waals surface area contributed by atoms with Gasteiger partial charge in [-0.1, -0.05) is 6.92 Å². The fourth-order valence-electron chi connectivity index (χ4n) is 1.17. The lowest BCUT2D eigenvalue weighted by atomic mass is 10.2. The van der Waals surface area contributed by atoms with Gasteiger partial charge in [0.15, 0.2) is 5.43 Å². The Morgan fingerprint density at radius 3 is 2.50 bits per heavy atom. The molecule has 0 aromatic carbocycles. The molecule has 0 saturated carbocycles. The van der Waals surface area contributed by atoms with Gasteiger partial charge in [0.1, 0.15) is 0 Å². The second-order valence-corrected chi connectivity index (χ2v) is 2.78. The van der Waals surface area contributed by atoms with E-state index in [2.05, 4.69) is 6.92 Å². The minimum Gasteiger partial charge on any atom is -0.350 e. The van der Waals surface area contributed by atoms with E-state index in [-0.39, 0.29) is 5.43 Å². The van der Waals surface area contributed by atoms with Crippen molar-refractivity contribution in [2.45, 2.75) is 19.4 Å². The molecule has 1 atom stereocenters. The fraction of sp³-hybridized carbons (Fsp3) is 0.444. The quantitative estimate of drug-likeness (QED) is 0.720. The predicted molar refractivity (Wildman–Crippen MR) is 49.1 cm³/mol. The number of rotatable bonds is 3. The lowest BCUT2D eigenvalue weighted by molar-refractivity contribution is 0.493. The van der Waals surface area contributed by atoms with Crippen LogP contribution in [0.5, 0.6) is 0 Å². The first kappa shape index (κ1) is 9.00. The molecule has 1 unspecified atom stereocenters. The SMILES string of the molecule is CCC(CN)n1ccc(=O)cc1. The summed E-state index contributed by atoms with van der Waals surface area (Å²) < 4.78 is 1.97. The molecule has 0 radical (unpaired) electrons. The predicted octanol–water partition coefficient (Wildman–Crippen LogP) is 0.758. The minimum absolute atomic E-state index is 0.0399. The van der Waals surface area contributed by atoms with Crippen LogP contribution in [0.1, 0.15) is 19.4 Å². The molecule has 0 fully saturated rings. The van der Waals surface area contributed by atoms with E-state index < -0.39 is 0 Å². The van der Waals surface area contributed by atoms with Gasteiger partial charge in [0.05, 0.1) is 0 Å². The molecule has 1 aromatic rings. The van der Waals surface area contributed by atoms with Gasteiger partial charge in [0.2, 0.25) is 0 Å². The van der Waals surface area contributed by atoms with E-state index >= 15 is 0 Å². The minimum atomic E-state index is 0.0399. The summed E-state index contributed by atoms with van der Waals surface area (Å²) in [6.07, 6.45) is 4.55. The van der Waals surface area contributed by atoms with Gasteiger partial charge < -0.3 is 10.3 Å². The Balaban J connectivity index is 2.87. The lowest BCUT2D eigenvalue weighted by Gasteiger charge is -2.15. The highest BCUT2D eigenvalue weighted by molar-refractivity contribution is 4.95. The van der Waals surface area contributed by atoms with E-state index in [9.17, 15) is 4.79 Å². The zero-order chi connectivity index (χ0) is 8.97. The van der Waals surface area contributed by atoms with Crippen LogP contribution >= 0.6 is 0 Å². The maximum atomic E-state index is 10.8. The van der Waals surface area contributed by atoms with E-state index in [4.69, 9.17) is 5.73 Å². The molecule has 0 aliphatic carbocycles. The molecule has 1 heterocycles. The monoisotopic (exact) mass is 166 g/mol. The summed E-state index contributed by atoms with van der Waals surface area (Å²) in [7, 11) is 0. The third-order valence-corrected chi connectivity index (χ3v) is 1.99. The molecule has 0 aliphatic rings. The summed E-state index contributed by atoms with van der Waals surface area (Å²) >= 11 is 0. The summed E-state index contributed by atoms with van der Waals surface area (Å²) in [5, 5.41) is 0. The van der Waals surface area contributed by atoms with Gasteiger partial charge >= 0.3 is 0 Å². The molecule has 0 bridgehead atoms. The molecule has 1 rings (SSSR count). The van der Waals surface area contributed by atoms with E-state index in [1.54, 1.807) is 24.5 Å². The highest BCUT2D eigenvalue weighted by Gasteiger charge is 2.02. The van der Waals surface area contributed by atoms with Crippen molar-refractivity contribution in [3.8, 4) is 0 Å². The molecule has 0 spiro atoms. The largest absolute Gasteiger partial charge is 0.350 e. The molecule has 3 nitrogen and oxygen atoms in total. The fourth-order valence-corrected chi connectivity index (χ4v) is 1.17. The normalized spacial score (nSPS) is 12.8. The first-order valence-electron chi connectivity index (χ1n) is 4.15. The first-order chi connectivity index (χ1) is 5.77. The summed E-state index contributed by atoms with van der Waals surface area (Å²) in [5.41, 5.74) is 5.59. The molecule has 0 aliphatic heterocycles. The van der Waals surface area contributed by atoms with Gasteiger partial charge in [-0.25, -0.2) is 0 Å². The van der Waals surface area contributed by atoms with Crippen LogP contribution in [0.3, 0.4) is 0 Å². The van der Waals surface area contributed by atoms with Crippen molar-refractivity contribution in [3.63, 3.8) is 0 Å². The van der Waals surface area contributed by atoms with Crippen LogP contribution in [-0.4, -0.2) is 11.1 Å². The summed E-state index contributed by atoms with van der Waals surface area (Å²) in [6.45, 7) is 2.69. The summed E-state index contributed by atoms with van der Waals surface area (Å²) in [4.78, 5) is 10.8. The molecule has 3 heteroatoms. The molecule has 12 heavy (non-hydrogen) atoms. The van der Waals surface area contributed by atoms with Gasteiger partial charge in [-0.3, -0.25) is 4.79 Å². The van der Waals surface area contributed by atoms with Gasteiger partial charge in [-0.05, 0) is 6.42 Å². The van der Waals surface area contributed by atoms with Gasteiger partial charge in [0.25, 0.3) is 0 Å². The Hall–Kier alpha value is -1.09. The van der Waals surface area contributed by atoms with Gasteiger partial charge in [-0.2, -0.15) is 0 Å². The molecular formula is C9H14N2O. The zero-order valence-corrected chi connectivity index (χ0v) is 7.23. The molecule has 2 N–H and O–H groups in total. The summed E-state index contributed by atoms with van der Waals surface area (Å²) in [5.74, 6) is 0. The number of hydrogen-bond acceptors (Lipinski definition) is 2. The van der Waals surface area contributed by atoms with E-state index in [0.717, 1.165) is 6.42 Å². The molecular weight excluding hydrogens is 152 g/mol. The molecule has 1 aromatic heterocycles. The Kier molecular flexibility index (Phi) is 3.05. The number of aromatic nitrogens is 1. The molecule has 0 saturated heterocycles. The highest BCUT2D eigenvalue weighted by atomic mass is 16.1. The van der Waals surface area contributed by atoms with E-state index in [0.29, 0.717) is 12.6 Å². The van der Waals surface area contributed by atoms with Crippen LogP contribution in [0.25, 0.3) is 0 Å². The number of pyridine rings is 1. The number of nitrogens with two attached hydrogens (primary N) is 1. The Labute approximate surface area is 71.8 Å². The first-order valence-corrected chi connectivity index (χ1v) is 4.15. The zero-order valence-electron chi connectivity index (χ0n) is 7.23. The van der Waals surface area contributed by atoms with Crippen molar-refractivity contribution in [2.24, 2.45) is 5.73 Å². The maximum Gasteiger partial charge on any atom is 0.181 e. The van der Waals surface area contributed by atoms with Crippen molar-refractivity contribution in [3.05, 3.63) is 34.7 Å². The van der Waals surface area contributed by atoms with E-state index in [1.165, 1.54) is 0 Å². The topological polar surface area (TPSA) is 48.0 Å². The third kappa shape index (κ3) is 1.95. The standard InChI is InChI=1S/C9H14N2O/c1-2-8(7-10)11-5-3-9(12)4-6-11/h3-6,8H,2,7,10H2,1H3. The summed E-state index contributed by atoms with van der Waals surface area (Å²) in [6, 6.07) is 3.42. The maximum absolute atomic E-state index is 10.8. The number of hydrogen-bond donors (Lipinski definition) is 1. The second-order valence-electron chi connectivity index (χ2n) is 2.78. The number of nitrogens with zero attached hydrogens (tertiary/aromatic N) is 1. The van der Waals surface area contributed by atoms with Crippen molar-refractivity contribution in [1.29, 1.82) is 0 Å². The van der Waals surface area contributed by atoms with Crippen LogP contribution in [0.2, 0.25) is 0 Å². The third-order valence-electron chi connectivity index (χ3n) is 1.99. The molecule has 0 amide bonds. The van der Waals surface area contributed by atoms with E-state index in [1.807, 2.05) is 4.57 Å². The lowest BCUT2D eigenvalue weighted by Crippen LogP contribution is -2.19. The highest BCUT2D eigenvalue weighted by Crippen LogP contribution is 2.06. The van der Waals surface area contributed by atoms with Crippen molar-refractivity contribution in [2.75, 3.05) is 6.54 Å². The Morgan fingerprint density at radius 1 is 1.50 bits per heavy atom. The Morgan fingerprint density at radius 2 is 2.08 bits per heavy atom. The van der Waals surface area contributed by atoms with Crippen LogP contribution in [0.4, 0.5) is 0 Å². The van der Waals surface area contributed by atoms with Crippen LogP contribution in [0.15, 0.2) is 29.3 Å². The average molecular weight is 166 g/mol. The Bertz CT molecular complexity index is 268.